The van der Waals surface area contributed by atoms with Crippen LogP contribution in [0.5, 0.6) is 0 Å². The molecular weight excluding hydrogens is 246 g/mol. The van der Waals surface area contributed by atoms with E-state index in [0.29, 0.717) is 12.6 Å². The Morgan fingerprint density at radius 1 is 1.44 bits per heavy atom. The van der Waals surface area contributed by atoms with Crippen molar-refractivity contribution in [3.63, 3.8) is 0 Å². The Morgan fingerprint density at radius 2 is 2.22 bits per heavy atom. The first-order valence-electron chi connectivity index (χ1n) is 6.27. The second-order valence-electron chi connectivity index (χ2n) is 4.48. The molecule has 0 aromatic heterocycles. The van der Waals surface area contributed by atoms with Crippen molar-refractivity contribution in [2.45, 2.75) is 25.5 Å². The molecule has 0 unspecified atom stereocenters. The fraction of sp³-hybridized carbons (Fsp3) is 0.500. The lowest BCUT2D eigenvalue weighted by molar-refractivity contribution is 0.0950. The maximum absolute atomic E-state index is 12.0. The third-order valence-corrected chi connectivity index (χ3v) is 3.89. The SMILES string of the molecule is CSC[C@@H]1CCCN1C(=O)OCc1ccccc1. The molecule has 0 saturated carbocycles. The Balaban J connectivity index is 1.84. The van der Waals surface area contributed by atoms with Crippen molar-refractivity contribution in [3.05, 3.63) is 35.9 Å². The number of amides is 1. The van der Waals surface area contributed by atoms with E-state index in [1.807, 2.05) is 35.2 Å². The van der Waals surface area contributed by atoms with Gasteiger partial charge in [0.15, 0.2) is 0 Å². The summed E-state index contributed by atoms with van der Waals surface area (Å²) in [6, 6.07) is 10.2. The molecule has 98 valence electrons. The van der Waals surface area contributed by atoms with Crippen LogP contribution in [0.25, 0.3) is 0 Å². The average Bonchev–Trinajstić information content (AvgIpc) is 2.86. The summed E-state index contributed by atoms with van der Waals surface area (Å²) in [7, 11) is 0. The highest BCUT2D eigenvalue weighted by Gasteiger charge is 2.29. The molecule has 0 radical (unpaired) electrons. The molecule has 1 atom stereocenters. The highest BCUT2D eigenvalue weighted by Crippen LogP contribution is 2.21. The lowest BCUT2D eigenvalue weighted by atomic mass is 10.2. The molecule has 1 aromatic rings. The summed E-state index contributed by atoms with van der Waals surface area (Å²) in [4.78, 5) is 13.9. The van der Waals surface area contributed by atoms with Gasteiger partial charge in [0.25, 0.3) is 0 Å². The number of hydrogen-bond donors (Lipinski definition) is 0. The maximum Gasteiger partial charge on any atom is 0.410 e. The molecule has 0 N–H and O–H groups in total. The van der Waals surface area contributed by atoms with Gasteiger partial charge in [0.1, 0.15) is 6.61 Å². The molecule has 3 nitrogen and oxygen atoms in total. The van der Waals surface area contributed by atoms with E-state index >= 15 is 0 Å². The van der Waals surface area contributed by atoms with E-state index in [1.54, 1.807) is 11.8 Å². The van der Waals surface area contributed by atoms with E-state index in [1.165, 1.54) is 0 Å². The summed E-state index contributed by atoms with van der Waals surface area (Å²) in [5.41, 5.74) is 1.03. The van der Waals surface area contributed by atoms with Gasteiger partial charge in [-0.2, -0.15) is 11.8 Å². The van der Waals surface area contributed by atoms with E-state index < -0.39 is 0 Å². The lowest BCUT2D eigenvalue weighted by Crippen LogP contribution is -2.37. The van der Waals surface area contributed by atoms with Gasteiger partial charge in [-0.05, 0) is 24.7 Å². The Hall–Kier alpha value is -1.16. The number of rotatable bonds is 4. The third kappa shape index (κ3) is 3.42. The van der Waals surface area contributed by atoms with Gasteiger partial charge < -0.3 is 9.64 Å². The molecular formula is C14H19NO2S. The number of thioether (sulfide) groups is 1. The van der Waals surface area contributed by atoms with Gasteiger partial charge in [0.05, 0.1) is 0 Å². The summed E-state index contributed by atoms with van der Waals surface area (Å²) in [6.07, 6.45) is 4.09. The molecule has 1 aliphatic heterocycles. The second kappa shape index (κ2) is 6.69. The Morgan fingerprint density at radius 3 is 2.94 bits per heavy atom. The quantitative estimate of drug-likeness (QED) is 0.837. The molecule has 1 amide bonds. The summed E-state index contributed by atoms with van der Waals surface area (Å²) in [5, 5.41) is 0. The lowest BCUT2D eigenvalue weighted by Gasteiger charge is -2.23. The Labute approximate surface area is 113 Å². The number of benzene rings is 1. The van der Waals surface area contributed by atoms with Gasteiger partial charge in [0, 0.05) is 18.3 Å². The van der Waals surface area contributed by atoms with Crippen LogP contribution in [-0.2, 0) is 11.3 Å². The number of likely N-dealkylation sites (tertiary alicyclic amines) is 1. The van der Waals surface area contributed by atoms with Gasteiger partial charge >= 0.3 is 6.09 Å². The minimum Gasteiger partial charge on any atom is -0.445 e. The van der Waals surface area contributed by atoms with Crippen molar-refractivity contribution in [1.82, 2.24) is 4.90 Å². The van der Waals surface area contributed by atoms with Crippen LogP contribution in [0.2, 0.25) is 0 Å². The Bertz CT molecular complexity index is 383. The van der Waals surface area contributed by atoms with Gasteiger partial charge in [0.2, 0.25) is 0 Å². The summed E-state index contributed by atoms with van der Waals surface area (Å²) < 4.78 is 5.37. The van der Waals surface area contributed by atoms with E-state index in [2.05, 4.69) is 6.26 Å². The molecule has 1 saturated heterocycles. The van der Waals surface area contributed by atoms with Crippen molar-refractivity contribution in [2.75, 3.05) is 18.6 Å². The number of nitrogens with zero attached hydrogens (tertiary/aromatic N) is 1. The molecule has 1 fully saturated rings. The molecule has 0 bridgehead atoms. The normalized spacial score (nSPS) is 18.9. The highest BCUT2D eigenvalue weighted by molar-refractivity contribution is 7.98. The smallest absolute Gasteiger partial charge is 0.410 e. The van der Waals surface area contributed by atoms with Gasteiger partial charge in [-0.1, -0.05) is 30.3 Å². The van der Waals surface area contributed by atoms with Crippen LogP contribution in [0.1, 0.15) is 18.4 Å². The van der Waals surface area contributed by atoms with E-state index in [9.17, 15) is 4.79 Å². The van der Waals surface area contributed by atoms with E-state index in [-0.39, 0.29) is 6.09 Å². The van der Waals surface area contributed by atoms with Crippen LogP contribution in [0.4, 0.5) is 4.79 Å². The summed E-state index contributed by atoms with van der Waals surface area (Å²) >= 11 is 1.79. The third-order valence-electron chi connectivity index (χ3n) is 3.18. The molecule has 18 heavy (non-hydrogen) atoms. The zero-order valence-electron chi connectivity index (χ0n) is 10.7. The minimum atomic E-state index is -0.171. The molecule has 4 heteroatoms. The second-order valence-corrected chi connectivity index (χ2v) is 5.40. The van der Waals surface area contributed by atoms with Crippen LogP contribution in [-0.4, -0.2) is 35.6 Å². The van der Waals surface area contributed by atoms with E-state index in [0.717, 1.165) is 30.7 Å². The fourth-order valence-corrected chi connectivity index (χ4v) is 2.98. The number of carbonyl (C=O) groups excluding carboxylic acids is 1. The topological polar surface area (TPSA) is 29.5 Å². The molecule has 1 aromatic carbocycles. The minimum absolute atomic E-state index is 0.171. The molecule has 0 spiro atoms. The first-order valence-corrected chi connectivity index (χ1v) is 7.67. The first-order chi connectivity index (χ1) is 8.81. The predicted octanol–water partition coefficient (Wildman–Crippen LogP) is 3.15. The van der Waals surface area contributed by atoms with Gasteiger partial charge in [-0.25, -0.2) is 4.79 Å². The van der Waals surface area contributed by atoms with Crippen LogP contribution in [0, 0.1) is 0 Å². The molecule has 0 aliphatic carbocycles. The van der Waals surface area contributed by atoms with Crippen molar-refractivity contribution in [3.8, 4) is 0 Å². The summed E-state index contributed by atoms with van der Waals surface area (Å²) in [5.74, 6) is 1.00. The van der Waals surface area contributed by atoms with Crippen LogP contribution < -0.4 is 0 Å². The van der Waals surface area contributed by atoms with Crippen LogP contribution in [0.15, 0.2) is 30.3 Å². The van der Waals surface area contributed by atoms with E-state index in [4.69, 9.17) is 4.74 Å². The standard InChI is InChI=1S/C14H19NO2S/c1-18-11-13-8-5-9-15(13)14(16)17-10-12-6-3-2-4-7-12/h2-4,6-7,13H,5,8-11H2,1H3/t13-/m0/s1. The van der Waals surface area contributed by atoms with Gasteiger partial charge in [-0.15, -0.1) is 0 Å². The zero-order chi connectivity index (χ0) is 12.8. The largest absolute Gasteiger partial charge is 0.445 e. The maximum atomic E-state index is 12.0. The fourth-order valence-electron chi connectivity index (χ4n) is 2.24. The zero-order valence-corrected chi connectivity index (χ0v) is 11.5. The Kier molecular flexibility index (Phi) is 4.93. The van der Waals surface area contributed by atoms with Crippen LogP contribution >= 0.6 is 11.8 Å². The molecule has 1 aliphatic rings. The van der Waals surface area contributed by atoms with Crippen molar-refractivity contribution in [1.29, 1.82) is 0 Å². The molecule has 1 heterocycles. The summed E-state index contributed by atoms with van der Waals surface area (Å²) in [6.45, 7) is 1.20. The molecule has 2 rings (SSSR count). The number of carbonyl (C=O) groups is 1. The number of ether oxygens (including phenoxy) is 1. The van der Waals surface area contributed by atoms with Crippen LogP contribution in [0.3, 0.4) is 0 Å². The first kappa shape index (κ1) is 13.3. The predicted molar refractivity (Wildman–Crippen MR) is 74.7 cm³/mol. The highest BCUT2D eigenvalue weighted by atomic mass is 32.2. The van der Waals surface area contributed by atoms with Crippen molar-refractivity contribution >= 4 is 17.9 Å². The number of hydrogen-bond acceptors (Lipinski definition) is 3. The average molecular weight is 265 g/mol. The van der Waals surface area contributed by atoms with Crippen molar-refractivity contribution in [2.24, 2.45) is 0 Å². The monoisotopic (exact) mass is 265 g/mol. The van der Waals surface area contributed by atoms with Crippen molar-refractivity contribution < 1.29 is 9.53 Å². The van der Waals surface area contributed by atoms with Gasteiger partial charge in [-0.3, -0.25) is 0 Å².